The lowest BCUT2D eigenvalue weighted by Crippen LogP contribution is -2.22. The number of aromatic nitrogens is 3. The van der Waals surface area contributed by atoms with Gasteiger partial charge in [-0.1, -0.05) is 34.5 Å². The fourth-order valence-electron chi connectivity index (χ4n) is 2.84. The van der Waals surface area contributed by atoms with E-state index in [4.69, 9.17) is 22.1 Å². The number of hydrogen-bond donors (Lipinski definition) is 3. The van der Waals surface area contributed by atoms with Crippen molar-refractivity contribution in [3.05, 3.63) is 58.2 Å². The van der Waals surface area contributed by atoms with Crippen molar-refractivity contribution < 1.29 is 14.3 Å². The van der Waals surface area contributed by atoms with Gasteiger partial charge in [-0.25, -0.2) is 4.68 Å². The van der Waals surface area contributed by atoms with Crippen LogP contribution in [0, 0.1) is 13.8 Å². The summed E-state index contributed by atoms with van der Waals surface area (Å²) in [6.45, 7) is 3.68. The van der Waals surface area contributed by atoms with Gasteiger partial charge in [0.1, 0.15) is 12.3 Å². The Morgan fingerprint density at radius 2 is 1.90 bits per heavy atom. The normalized spacial score (nSPS) is 10.5. The van der Waals surface area contributed by atoms with E-state index in [0.717, 1.165) is 15.8 Å². The molecule has 0 fully saturated rings. The lowest BCUT2D eigenvalue weighted by atomic mass is 10.1. The molecule has 1 aromatic heterocycles. The number of ether oxygens (including phenoxy) is 1. The van der Waals surface area contributed by atoms with Crippen LogP contribution >= 0.6 is 11.6 Å². The average molecular weight is 429 g/mol. The molecule has 156 valence electrons. The van der Waals surface area contributed by atoms with Gasteiger partial charge in [-0.05, 0) is 43.7 Å². The molecular formula is C20H21ClN6O3. The summed E-state index contributed by atoms with van der Waals surface area (Å²) in [4.78, 5) is 25.0. The van der Waals surface area contributed by atoms with E-state index < -0.39 is 5.91 Å². The summed E-state index contributed by atoms with van der Waals surface area (Å²) in [7, 11) is 1.47. The number of hydrogen-bond acceptors (Lipinski definition) is 6. The van der Waals surface area contributed by atoms with Gasteiger partial charge in [0.15, 0.2) is 11.5 Å². The number of amides is 2. The third kappa shape index (κ3) is 4.69. The Balaban J connectivity index is 1.71. The fourth-order valence-corrected chi connectivity index (χ4v) is 3.01. The van der Waals surface area contributed by atoms with Crippen LogP contribution in [0.4, 0.5) is 17.2 Å². The molecule has 3 aromatic rings. The summed E-state index contributed by atoms with van der Waals surface area (Å²) in [6.07, 6.45) is 0. The molecule has 0 spiro atoms. The molecule has 3 rings (SSSR count). The summed E-state index contributed by atoms with van der Waals surface area (Å²) in [5, 5.41) is 13.5. The van der Waals surface area contributed by atoms with Gasteiger partial charge >= 0.3 is 0 Å². The van der Waals surface area contributed by atoms with E-state index in [0.29, 0.717) is 22.1 Å². The fraction of sp³-hybridized carbons (Fsp3) is 0.200. The van der Waals surface area contributed by atoms with Crippen LogP contribution in [0.25, 0.3) is 0 Å². The van der Waals surface area contributed by atoms with Crippen LogP contribution in [0.2, 0.25) is 5.02 Å². The summed E-state index contributed by atoms with van der Waals surface area (Å²) in [5.41, 5.74) is 8.95. The lowest BCUT2D eigenvalue weighted by molar-refractivity contribution is -0.116. The van der Waals surface area contributed by atoms with Gasteiger partial charge in [0.05, 0.1) is 12.8 Å². The van der Waals surface area contributed by atoms with Gasteiger partial charge in [0.2, 0.25) is 5.91 Å². The van der Waals surface area contributed by atoms with Crippen LogP contribution in [0.1, 0.15) is 21.6 Å². The van der Waals surface area contributed by atoms with Crippen molar-refractivity contribution in [3.8, 4) is 5.75 Å². The number of nitrogens with zero attached hydrogens (tertiary/aromatic N) is 3. The first-order valence-corrected chi connectivity index (χ1v) is 9.37. The molecule has 4 N–H and O–H groups in total. The standard InChI is InChI=1S/C20H21ClN6O3/c1-11-4-6-14(12(2)8-11)23-17(28)10-27-19(22)18(25-26-27)20(29)24-15-9-13(21)5-7-16(15)30-3/h4-9H,10,22H2,1-3H3,(H,23,28)(H,24,29). The van der Waals surface area contributed by atoms with Gasteiger partial charge in [0, 0.05) is 10.7 Å². The highest BCUT2D eigenvalue weighted by molar-refractivity contribution is 6.31. The number of halogens is 1. The minimum absolute atomic E-state index is 0.0377. The van der Waals surface area contributed by atoms with E-state index in [1.54, 1.807) is 12.1 Å². The second-order valence-corrected chi connectivity index (χ2v) is 7.08. The van der Waals surface area contributed by atoms with Crippen molar-refractivity contribution in [1.82, 2.24) is 15.0 Å². The molecule has 0 unspecified atom stereocenters. The van der Waals surface area contributed by atoms with Crippen molar-refractivity contribution in [2.45, 2.75) is 20.4 Å². The maximum Gasteiger partial charge on any atom is 0.280 e. The second kappa shape index (κ2) is 8.83. The van der Waals surface area contributed by atoms with Crippen molar-refractivity contribution in [2.24, 2.45) is 0 Å². The van der Waals surface area contributed by atoms with Crippen LogP contribution < -0.4 is 21.1 Å². The van der Waals surface area contributed by atoms with Crippen LogP contribution in [0.5, 0.6) is 5.75 Å². The highest BCUT2D eigenvalue weighted by atomic mass is 35.5. The van der Waals surface area contributed by atoms with Gasteiger partial charge in [-0.2, -0.15) is 0 Å². The highest BCUT2D eigenvalue weighted by Crippen LogP contribution is 2.28. The zero-order chi connectivity index (χ0) is 21.8. The highest BCUT2D eigenvalue weighted by Gasteiger charge is 2.20. The molecule has 10 heteroatoms. The predicted octanol–water partition coefficient (Wildman–Crippen LogP) is 3.03. The van der Waals surface area contributed by atoms with Gasteiger partial charge in [0.25, 0.3) is 5.91 Å². The number of aryl methyl sites for hydroxylation is 2. The van der Waals surface area contributed by atoms with E-state index in [9.17, 15) is 9.59 Å². The van der Waals surface area contributed by atoms with E-state index in [2.05, 4.69) is 20.9 Å². The van der Waals surface area contributed by atoms with Crippen molar-refractivity contribution in [1.29, 1.82) is 0 Å². The minimum Gasteiger partial charge on any atom is -0.495 e. The number of anilines is 3. The van der Waals surface area contributed by atoms with Crippen molar-refractivity contribution in [2.75, 3.05) is 23.5 Å². The molecular weight excluding hydrogens is 408 g/mol. The zero-order valence-electron chi connectivity index (χ0n) is 16.7. The minimum atomic E-state index is -0.603. The Hall–Kier alpha value is -3.59. The monoisotopic (exact) mass is 428 g/mol. The number of methoxy groups -OCH3 is 1. The summed E-state index contributed by atoms with van der Waals surface area (Å²) >= 11 is 5.97. The first kappa shape index (κ1) is 21.1. The van der Waals surface area contributed by atoms with Crippen LogP contribution in [-0.4, -0.2) is 33.9 Å². The zero-order valence-corrected chi connectivity index (χ0v) is 17.4. The Morgan fingerprint density at radius 3 is 2.60 bits per heavy atom. The molecule has 0 saturated carbocycles. The number of benzene rings is 2. The van der Waals surface area contributed by atoms with Crippen molar-refractivity contribution in [3.63, 3.8) is 0 Å². The predicted molar refractivity (Wildman–Crippen MR) is 115 cm³/mol. The van der Waals surface area contributed by atoms with E-state index in [1.165, 1.54) is 13.2 Å². The topological polar surface area (TPSA) is 124 Å². The Morgan fingerprint density at radius 1 is 1.13 bits per heavy atom. The lowest BCUT2D eigenvalue weighted by Gasteiger charge is -2.10. The Kier molecular flexibility index (Phi) is 6.22. The number of rotatable bonds is 6. The largest absolute Gasteiger partial charge is 0.495 e. The smallest absolute Gasteiger partial charge is 0.280 e. The van der Waals surface area contributed by atoms with Crippen molar-refractivity contribution >= 4 is 40.6 Å². The molecule has 2 aromatic carbocycles. The van der Waals surface area contributed by atoms with E-state index in [1.807, 2.05) is 32.0 Å². The third-order valence-electron chi connectivity index (χ3n) is 4.35. The van der Waals surface area contributed by atoms with Crippen LogP contribution in [0.3, 0.4) is 0 Å². The molecule has 9 nitrogen and oxygen atoms in total. The summed E-state index contributed by atoms with van der Waals surface area (Å²) in [6, 6.07) is 10.5. The maximum absolute atomic E-state index is 12.6. The number of carbonyl (C=O) groups is 2. The molecule has 1 heterocycles. The van der Waals surface area contributed by atoms with Gasteiger partial charge < -0.3 is 21.1 Å². The summed E-state index contributed by atoms with van der Waals surface area (Å²) < 4.78 is 6.36. The molecule has 30 heavy (non-hydrogen) atoms. The average Bonchev–Trinajstić information content (AvgIpc) is 3.04. The number of nitrogens with one attached hydrogen (secondary N) is 2. The number of nitrogens with two attached hydrogens (primary N) is 1. The number of carbonyl (C=O) groups excluding carboxylic acids is 2. The molecule has 0 saturated heterocycles. The number of nitrogen functional groups attached to an aromatic ring is 1. The molecule has 2 amide bonds. The van der Waals surface area contributed by atoms with Crippen LogP contribution in [0.15, 0.2) is 36.4 Å². The molecule has 0 radical (unpaired) electrons. The third-order valence-corrected chi connectivity index (χ3v) is 4.58. The molecule has 0 aliphatic heterocycles. The molecule has 0 bridgehead atoms. The Bertz CT molecular complexity index is 1110. The van der Waals surface area contributed by atoms with Gasteiger partial charge in [-0.15, -0.1) is 5.10 Å². The summed E-state index contributed by atoms with van der Waals surface area (Å²) in [5.74, 6) is -0.563. The first-order valence-electron chi connectivity index (χ1n) is 8.99. The Labute approximate surface area is 178 Å². The van der Waals surface area contributed by atoms with Gasteiger partial charge in [-0.3, -0.25) is 9.59 Å². The SMILES string of the molecule is COc1ccc(Cl)cc1NC(=O)c1nnn(CC(=O)Nc2ccc(C)cc2C)c1N. The first-order chi connectivity index (χ1) is 14.3. The maximum atomic E-state index is 12.6. The second-order valence-electron chi connectivity index (χ2n) is 6.65. The van der Waals surface area contributed by atoms with Crippen LogP contribution in [-0.2, 0) is 11.3 Å². The van der Waals surface area contributed by atoms with E-state index >= 15 is 0 Å². The molecule has 0 atom stereocenters. The van der Waals surface area contributed by atoms with E-state index in [-0.39, 0.29) is 24.0 Å². The molecule has 0 aliphatic rings. The molecule has 0 aliphatic carbocycles. The quantitative estimate of drug-likeness (QED) is 0.554.